The molecule has 0 spiro atoms. The van der Waals surface area contributed by atoms with E-state index in [4.69, 9.17) is 8.83 Å². The number of rotatable bonds is 2. The molecule has 0 fully saturated rings. The van der Waals surface area contributed by atoms with Crippen molar-refractivity contribution in [2.75, 3.05) is 0 Å². The maximum Gasteiger partial charge on any atom is 0.136 e. The molecule has 0 saturated carbocycles. The van der Waals surface area contributed by atoms with Crippen LogP contribution in [0.4, 0.5) is 0 Å². The second-order valence-corrected chi connectivity index (χ2v) is 12.8. The Bertz CT molecular complexity index is 3060. The zero-order valence-corrected chi connectivity index (χ0v) is 25.8. The van der Waals surface area contributed by atoms with E-state index in [0.717, 1.165) is 49.4 Å². The van der Waals surface area contributed by atoms with Crippen LogP contribution in [0.1, 0.15) is 0 Å². The second kappa shape index (κ2) is 9.57. The van der Waals surface area contributed by atoms with Crippen LogP contribution in [0.25, 0.3) is 109 Å². The molecule has 0 N–H and O–H groups in total. The van der Waals surface area contributed by atoms with E-state index < -0.39 is 0 Å². The van der Waals surface area contributed by atoms with E-state index in [1.54, 1.807) is 0 Å². The highest BCUT2D eigenvalue weighted by molar-refractivity contribution is 6.28. The van der Waals surface area contributed by atoms with Crippen molar-refractivity contribution in [2.24, 2.45) is 0 Å². The molecule has 0 saturated heterocycles. The molecule has 48 heavy (non-hydrogen) atoms. The lowest BCUT2D eigenvalue weighted by Crippen LogP contribution is -1.92. The molecule has 2 heteroatoms. The van der Waals surface area contributed by atoms with E-state index in [1.807, 2.05) is 24.3 Å². The fraction of sp³-hybridized carbons (Fsp3) is 0. The topological polar surface area (TPSA) is 26.3 Å². The van der Waals surface area contributed by atoms with E-state index in [-0.39, 0.29) is 0 Å². The van der Waals surface area contributed by atoms with Crippen molar-refractivity contribution >= 4 is 87.0 Å². The molecule has 0 bridgehead atoms. The van der Waals surface area contributed by atoms with Gasteiger partial charge in [-0.05, 0) is 102 Å². The number of para-hydroxylation sites is 1. The maximum atomic E-state index is 6.46. The van der Waals surface area contributed by atoms with Crippen LogP contribution in [0.3, 0.4) is 0 Å². The summed E-state index contributed by atoms with van der Waals surface area (Å²) in [5, 5.41) is 14.4. The van der Waals surface area contributed by atoms with Crippen LogP contribution in [0, 0.1) is 0 Å². The Morgan fingerprint density at radius 1 is 0.292 bits per heavy atom. The Hall–Kier alpha value is -6.38. The van der Waals surface area contributed by atoms with E-state index in [1.165, 1.54) is 59.8 Å². The Kier molecular flexibility index (Phi) is 5.14. The van der Waals surface area contributed by atoms with E-state index in [9.17, 15) is 0 Å². The average Bonchev–Trinajstić information content (AvgIpc) is 3.71. The molecule has 0 radical (unpaired) electrons. The van der Waals surface area contributed by atoms with Crippen LogP contribution in [0.5, 0.6) is 0 Å². The molecule has 0 unspecified atom stereocenters. The first kappa shape index (κ1) is 25.8. The molecule has 11 aromatic rings. The minimum atomic E-state index is 0.870. The van der Waals surface area contributed by atoms with Crippen LogP contribution in [0.2, 0.25) is 0 Å². The van der Waals surface area contributed by atoms with Gasteiger partial charge in [0.2, 0.25) is 0 Å². The van der Waals surface area contributed by atoms with Crippen LogP contribution < -0.4 is 0 Å². The minimum Gasteiger partial charge on any atom is -0.456 e. The molecule has 0 aliphatic rings. The summed E-state index contributed by atoms with van der Waals surface area (Å²) in [7, 11) is 0. The van der Waals surface area contributed by atoms with Gasteiger partial charge >= 0.3 is 0 Å². The van der Waals surface area contributed by atoms with Crippen LogP contribution in [-0.2, 0) is 0 Å². The summed E-state index contributed by atoms with van der Waals surface area (Å²) in [6, 6.07) is 56.7. The van der Waals surface area contributed by atoms with Gasteiger partial charge < -0.3 is 8.83 Å². The summed E-state index contributed by atoms with van der Waals surface area (Å²) >= 11 is 0. The highest BCUT2D eigenvalue weighted by Crippen LogP contribution is 2.48. The molecule has 9 aromatic carbocycles. The molecule has 2 heterocycles. The van der Waals surface area contributed by atoms with Crippen molar-refractivity contribution in [2.45, 2.75) is 0 Å². The quantitative estimate of drug-likeness (QED) is 0.144. The van der Waals surface area contributed by atoms with Crippen LogP contribution in [-0.4, -0.2) is 0 Å². The van der Waals surface area contributed by atoms with Gasteiger partial charge in [0.25, 0.3) is 0 Å². The van der Waals surface area contributed by atoms with Gasteiger partial charge in [-0.15, -0.1) is 0 Å². The van der Waals surface area contributed by atoms with E-state index in [2.05, 4.69) is 133 Å². The fourth-order valence-electron chi connectivity index (χ4n) is 8.23. The molecule has 0 aliphatic carbocycles. The lowest BCUT2D eigenvalue weighted by Gasteiger charge is -2.19. The third-order valence-electron chi connectivity index (χ3n) is 10.2. The van der Waals surface area contributed by atoms with Crippen molar-refractivity contribution in [3.05, 3.63) is 158 Å². The van der Waals surface area contributed by atoms with E-state index in [0.29, 0.717) is 0 Å². The van der Waals surface area contributed by atoms with Crippen molar-refractivity contribution in [3.63, 3.8) is 0 Å². The van der Waals surface area contributed by atoms with Gasteiger partial charge in [-0.25, -0.2) is 0 Å². The fourth-order valence-corrected chi connectivity index (χ4v) is 8.23. The SMILES string of the molecule is c1ccc2c(c1)cc(-c1c3ccccc3c(-c3ccc4oc5ccc6oc7ccccc7c6c5c4c3)c3ccccc13)c1ccccc12. The number of fused-ring (bicyclic) bond motifs is 12. The third-order valence-corrected chi connectivity index (χ3v) is 10.2. The normalized spacial score (nSPS) is 12.2. The maximum absolute atomic E-state index is 6.46. The first-order valence-corrected chi connectivity index (χ1v) is 16.4. The lowest BCUT2D eigenvalue weighted by atomic mass is 9.83. The number of benzene rings is 9. The smallest absolute Gasteiger partial charge is 0.136 e. The van der Waals surface area contributed by atoms with Gasteiger partial charge in [0, 0.05) is 21.5 Å². The summed E-state index contributed by atoms with van der Waals surface area (Å²) in [5.74, 6) is 0. The largest absolute Gasteiger partial charge is 0.456 e. The van der Waals surface area contributed by atoms with Gasteiger partial charge in [-0.1, -0.05) is 121 Å². The summed E-state index contributed by atoms with van der Waals surface area (Å²) in [5.41, 5.74) is 8.43. The average molecular weight is 611 g/mol. The van der Waals surface area contributed by atoms with Gasteiger partial charge in [0.05, 0.1) is 0 Å². The Morgan fingerprint density at radius 3 is 1.46 bits per heavy atom. The Labute approximate surface area is 275 Å². The zero-order chi connectivity index (χ0) is 31.3. The van der Waals surface area contributed by atoms with Crippen molar-refractivity contribution < 1.29 is 8.83 Å². The summed E-state index contributed by atoms with van der Waals surface area (Å²) in [4.78, 5) is 0. The zero-order valence-electron chi connectivity index (χ0n) is 25.8. The van der Waals surface area contributed by atoms with Crippen molar-refractivity contribution in [1.29, 1.82) is 0 Å². The predicted octanol–water partition coefficient (Wildman–Crippen LogP) is 13.4. The summed E-state index contributed by atoms with van der Waals surface area (Å²) < 4.78 is 12.7. The van der Waals surface area contributed by atoms with Crippen LogP contribution in [0.15, 0.2) is 167 Å². The van der Waals surface area contributed by atoms with E-state index >= 15 is 0 Å². The Morgan fingerprint density at radius 2 is 0.771 bits per heavy atom. The standard InChI is InChI=1S/C46H26O2/c1-2-12-29-27(11-1)25-37(31-14-4-3-13-30(29)31)44-34-17-7-5-15-32(34)43(33-16-6-8-18-35(33)44)28-21-22-40-38(26-28)46-42(48-40)24-23-41-45(46)36-19-9-10-20-39(36)47-41/h1-26H. The van der Waals surface area contributed by atoms with Crippen molar-refractivity contribution in [3.8, 4) is 22.3 Å². The highest BCUT2D eigenvalue weighted by atomic mass is 16.3. The molecule has 2 nitrogen and oxygen atoms in total. The first-order chi connectivity index (χ1) is 23.8. The molecular weight excluding hydrogens is 585 g/mol. The highest BCUT2D eigenvalue weighted by Gasteiger charge is 2.21. The lowest BCUT2D eigenvalue weighted by molar-refractivity contribution is 0.663. The second-order valence-electron chi connectivity index (χ2n) is 12.8. The number of hydrogen-bond acceptors (Lipinski definition) is 2. The number of hydrogen-bond donors (Lipinski definition) is 0. The van der Waals surface area contributed by atoms with Gasteiger partial charge in [-0.2, -0.15) is 0 Å². The minimum absolute atomic E-state index is 0.870. The van der Waals surface area contributed by atoms with Gasteiger partial charge in [-0.3, -0.25) is 0 Å². The molecule has 2 aromatic heterocycles. The molecular formula is C46H26O2. The molecule has 11 rings (SSSR count). The van der Waals surface area contributed by atoms with Crippen LogP contribution >= 0.6 is 0 Å². The van der Waals surface area contributed by atoms with Gasteiger partial charge in [0.1, 0.15) is 22.3 Å². The summed E-state index contributed by atoms with van der Waals surface area (Å²) in [6.07, 6.45) is 0. The third kappa shape index (κ3) is 3.46. The predicted molar refractivity (Wildman–Crippen MR) is 202 cm³/mol. The number of furan rings is 2. The summed E-state index contributed by atoms with van der Waals surface area (Å²) in [6.45, 7) is 0. The monoisotopic (exact) mass is 610 g/mol. The van der Waals surface area contributed by atoms with Gasteiger partial charge in [0.15, 0.2) is 0 Å². The first-order valence-electron chi connectivity index (χ1n) is 16.4. The molecule has 0 aliphatic heterocycles. The molecule has 0 amide bonds. The Balaban J connectivity index is 1.26. The molecule has 0 atom stereocenters. The molecule has 222 valence electrons. The van der Waals surface area contributed by atoms with Crippen molar-refractivity contribution in [1.82, 2.24) is 0 Å².